The van der Waals surface area contributed by atoms with E-state index in [4.69, 9.17) is 5.73 Å². The van der Waals surface area contributed by atoms with E-state index in [-0.39, 0.29) is 6.04 Å². The molecule has 72 valence electrons. The maximum atomic E-state index is 5.71. The zero-order valence-corrected chi connectivity index (χ0v) is 8.54. The van der Waals surface area contributed by atoms with Gasteiger partial charge in [0.05, 0.1) is 0 Å². The molecule has 1 aromatic heterocycles. The number of nitrogens with two attached hydrogens (primary N) is 1. The fourth-order valence-corrected chi connectivity index (χ4v) is 1.31. The Bertz CT molecular complexity index is 281. The molecular weight excluding hydrogens is 162 g/mol. The van der Waals surface area contributed by atoms with Crippen molar-refractivity contribution in [2.75, 3.05) is 0 Å². The summed E-state index contributed by atoms with van der Waals surface area (Å²) in [7, 11) is 0. The van der Waals surface area contributed by atoms with E-state index < -0.39 is 0 Å². The van der Waals surface area contributed by atoms with Crippen molar-refractivity contribution in [2.45, 2.75) is 39.7 Å². The molecule has 1 aromatic rings. The van der Waals surface area contributed by atoms with Gasteiger partial charge in [0.25, 0.3) is 0 Å². The molecule has 1 rings (SSSR count). The molecule has 0 aromatic carbocycles. The topological polar surface area (TPSA) is 51.8 Å². The molecule has 13 heavy (non-hydrogen) atoms. The highest BCUT2D eigenvalue weighted by Gasteiger charge is 2.02. The smallest absolute Gasteiger partial charge is 0.125 e. The van der Waals surface area contributed by atoms with Gasteiger partial charge in [-0.05, 0) is 26.3 Å². The molecule has 0 radical (unpaired) electrons. The lowest BCUT2D eigenvalue weighted by molar-refractivity contribution is 0.712. The van der Waals surface area contributed by atoms with E-state index in [9.17, 15) is 0 Å². The second kappa shape index (κ2) is 4.33. The van der Waals surface area contributed by atoms with Crippen molar-refractivity contribution in [1.29, 1.82) is 0 Å². The number of hydrogen-bond donors (Lipinski definition) is 1. The van der Waals surface area contributed by atoms with Gasteiger partial charge >= 0.3 is 0 Å². The highest BCUT2D eigenvalue weighted by atomic mass is 14.9. The lowest BCUT2D eigenvalue weighted by Gasteiger charge is -2.06. The summed E-state index contributed by atoms with van der Waals surface area (Å²) in [5.74, 6) is 0.843. The lowest BCUT2D eigenvalue weighted by Crippen LogP contribution is -2.19. The van der Waals surface area contributed by atoms with Crippen LogP contribution in [0.1, 0.15) is 31.1 Å². The summed E-state index contributed by atoms with van der Waals surface area (Å²) in [6, 6.07) is 2.20. The average molecular weight is 179 g/mol. The molecule has 1 atom stereocenters. The summed E-state index contributed by atoms with van der Waals surface area (Å²) < 4.78 is 0. The molecule has 0 aliphatic heterocycles. The van der Waals surface area contributed by atoms with Crippen molar-refractivity contribution in [2.24, 2.45) is 5.73 Å². The van der Waals surface area contributed by atoms with Crippen LogP contribution in [0.5, 0.6) is 0 Å². The van der Waals surface area contributed by atoms with Crippen LogP contribution >= 0.6 is 0 Å². The number of hydrogen-bond acceptors (Lipinski definition) is 3. The molecule has 1 unspecified atom stereocenters. The van der Waals surface area contributed by atoms with Crippen molar-refractivity contribution < 1.29 is 0 Å². The molecule has 2 N–H and O–H groups in total. The Labute approximate surface area is 79.4 Å². The molecule has 0 bridgehead atoms. The normalized spacial score (nSPS) is 12.9. The van der Waals surface area contributed by atoms with Crippen LogP contribution in [0.15, 0.2) is 6.07 Å². The fourth-order valence-electron chi connectivity index (χ4n) is 1.31. The minimum atomic E-state index is 0.166. The van der Waals surface area contributed by atoms with Crippen molar-refractivity contribution >= 4 is 0 Å². The number of rotatable bonds is 3. The summed E-state index contributed by atoms with van der Waals surface area (Å²) in [6.07, 6.45) is 1.78. The molecule has 3 heteroatoms. The van der Waals surface area contributed by atoms with Crippen molar-refractivity contribution in [1.82, 2.24) is 9.97 Å². The van der Waals surface area contributed by atoms with Crippen molar-refractivity contribution in [3.8, 4) is 0 Å². The first-order valence-corrected chi connectivity index (χ1v) is 4.70. The van der Waals surface area contributed by atoms with Crippen LogP contribution in [0.3, 0.4) is 0 Å². The average Bonchev–Trinajstić information content (AvgIpc) is 2.01. The van der Waals surface area contributed by atoms with Gasteiger partial charge in [-0.3, -0.25) is 0 Å². The summed E-state index contributed by atoms with van der Waals surface area (Å²) in [5.41, 5.74) is 7.86. The van der Waals surface area contributed by atoms with Gasteiger partial charge in [-0.1, -0.05) is 6.92 Å². The minimum Gasteiger partial charge on any atom is -0.328 e. The van der Waals surface area contributed by atoms with Gasteiger partial charge in [-0.25, -0.2) is 9.97 Å². The van der Waals surface area contributed by atoms with E-state index in [0.717, 1.165) is 30.1 Å². The van der Waals surface area contributed by atoms with Gasteiger partial charge in [-0.2, -0.15) is 0 Å². The van der Waals surface area contributed by atoms with Crippen LogP contribution in [-0.4, -0.2) is 16.0 Å². The molecule has 0 saturated heterocycles. The largest absolute Gasteiger partial charge is 0.328 e. The van der Waals surface area contributed by atoms with Crippen LogP contribution in [0.2, 0.25) is 0 Å². The molecule has 0 aliphatic rings. The molecule has 0 amide bonds. The Morgan fingerprint density at radius 3 is 2.54 bits per heavy atom. The standard InChI is InChI=1S/C10H17N3/c1-4-9-6-10(5-7(2)11)13-8(3)12-9/h6-7H,4-5,11H2,1-3H3. The third-order valence-corrected chi connectivity index (χ3v) is 1.84. The van der Waals surface area contributed by atoms with Gasteiger partial charge in [0.2, 0.25) is 0 Å². The van der Waals surface area contributed by atoms with E-state index in [0.29, 0.717) is 0 Å². The van der Waals surface area contributed by atoms with Gasteiger partial charge in [0, 0.05) is 23.9 Å². The van der Waals surface area contributed by atoms with Crippen LogP contribution in [0, 0.1) is 6.92 Å². The second-order valence-electron chi connectivity index (χ2n) is 3.43. The lowest BCUT2D eigenvalue weighted by atomic mass is 10.1. The van der Waals surface area contributed by atoms with E-state index in [1.54, 1.807) is 0 Å². The highest BCUT2D eigenvalue weighted by Crippen LogP contribution is 2.04. The Morgan fingerprint density at radius 2 is 2.00 bits per heavy atom. The summed E-state index contributed by atoms with van der Waals surface area (Å²) in [6.45, 7) is 6.00. The fraction of sp³-hybridized carbons (Fsp3) is 0.600. The zero-order valence-electron chi connectivity index (χ0n) is 8.54. The van der Waals surface area contributed by atoms with E-state index in [1.165, 1.54) is 0 Å². The van der Waals surface area contributed by atoms with Crippen LogP contribution < -0.4 is 5.73 Å². The van der Waals surface area contributed by atoms with Crippen molar-refractivity contribution in [3.63, 3.8) is 0 Å². The molecular formula is C10H17N3. The zero-order chi connectivity index (χ0) is 9.84. The summed E-state index contributed by atoms with van der Waals surface area (Å²) in [5, 5.41) is 0. The van der Waals surface area contributed by atoms with Crippen LogP contribution in [-0.2, 0) is 12.8 Å². The summed E-state index contributed by atoms with van der Waals surface area (Å²) >= 11 is 0. The predicted molar refractivity (Wildman–Crippen MR) is 53.5 cm³/mol. The number of nitrogens with zero attached hydrogens (tertiary/aromatic N) is 2. The third-order valence-electron chi connectivity index (χ3n) is 1.84. The Hall–Kier alpha value is -0.960. The first-order valence-electron chi connectivity index (χ1n) is 4.70. The quantitative estimate of drug-likeness (QED) is 0.759. The van der Waals surface area contributed by atoms with Crippen molar-refractivity contribution in [3.05, 3.63) is 23.3 Å². The monoisotopic (exact) mass is 179 g/mol. The first-order chi connectivity index (χ1) is 6.11. The minimum absolute atomic E-state index is 0.166. The second-order valence-corrected chi connectivity index (χ2v) is 3.43. The molecule has 0 spiro atoms. The van der Waals surface area contributed by atoms with Crippen LogP contribution in [0.25, 0.3) is 0 Å². The van der Waals surface area contributed by atoms with E-state index in [2.05, 4.69) is 16.9 Å². The Kier molecular flexibility index (Phi) is 3.37. The first kappa shape index (κ1) is 10.1. The summed E-state index contributed by atoms with van der Waals surface area (Å²) in [4.78, 5) is 8.64. The maximum absolute atomic E-state index is 5.71. The molecule has 0 saturated carbocycles. The predicted octanol–water partition coefficient (Wildman–Crippen LogP) is 1.24. The number of aromatic nitrogens is 2. The molecule has 1 heterocycles. The number of aryl methyl sites for hydroxylation is 2. The van der Waals surface area contributed by atoms with Gasteiger partial charge in [0.15, 0.2) is 0 Å². The van der Waals surface area contributed by atoms with Gasteiger partial charge < -0.3 is 5.73 Å². The third kappa shape index (κ3) is 3.11. The maximum Gasteiger partial charge on any atom is 0.125 e. The molecule has 3 nitrogen and oxygen atoms in total. The highest BCUT2D eigenvalue weighted by molar-refractivity contribution is 5.11. The molecule has 0 aliphatic carbocycles. The van der Waals surface area contributed by atoms with E-state index >= 15 is 0 Å². The van der Waals surface area contributed by atoms with E-state index in [1.807, 2.05) is 19.9 Å². The van der Waals surface area contributed by atoms with Gasteiger partial charge in [-0.15, -0.1) is 0 Å². The molecule has 0 fully saturated rings. The van der Waals surface area contributed by atoms with Gasteiger partial charge in [0.1, 0.15) is 5.82 Å². The Balaban J connectivity index is 2.88. The Morgan fingerprint density at radius 1 is 1.38 bits per heavy atom. The SMILES string of the molecule is CCc1cc(CC(C)N)nc(C)n1. The van der Waals surface area contributed by atoms with Crippen LogP contribution in [0.4, 0.5) is 0 Å².